The molecule has 0 radical (unpaired) electrons. The number of ether oxygens (including phenoxy) is 2. The Morgan fingerprint density at radius 3 is 2.35 bits per heavy atom. The van der Waals surface area contributed by atoms with E-state index in [2.05, 4.69) is 5.32 Å². The predicted molar refractivity (Wildman–Crippen MR) is 116 cm³/mol. The molecule has 2 atom stereocenters. The number of nitrogens with one attached hydrogen (secondary N) is 1. The van der Waals surface area contributed by atoms with E-state index in [9.17, 15) is 17.6 Å². The third kappa shape index (κ3) is 4.99. The van der Waals surface area contributed by atoms with E-state index in [1.165, 1.54) is 30.7 Å². The number of amides is 1. The van der Waals surface area contributed by atoms with E-state index in [0.717, 1.165) is 18.6 Å². The summed E-state index contributed by atoms with van der Waals surface area (Å²) < 4.78 is 52.5. The summed E-state index contributed by atoms with van der Waals surface area (Å²) in [6.07, 6.45) is 0.950. The molecular formula is C22H27FN2O5S. The standard InChI is InChI=1S/C22H27FN2O5S/c1-14-9-15(2)13-25(12-14)31(27,28)17-6-7-19(23)18(11-17)22(26)24-20-10-16(29-3)5-8-21(20)30-4/h5-8,10-11,14-15H,9,12-13H2,1-4H3,(H,24,26)/t14-,15-/m1/s1. The molecule has 31 heavy (non-hydrogen) atoms. The Hall–Kier alpha value is -2.65. The van der Waals surface area contributed by atoms with Gasteiger partial charge >= 0.3 is 0 Å². The molecule has 2 aromatic carbocycles. The number of anilines is 1. The zero-order valence-electron chi connectivity index (χ0n) is 18.0. The Kier molecular flexibility index (Phi) is 6.86. The van der Waals surface area contributed by atoms with Crippen molar-refractivity contribution < 1.29 is 27.1 Å². The van der Waals surface area contributed by atoms with Gasteiger partial charge in [-0.05, 0) is 48.6 Å². The molecule has 7 nitrogen and oxygen atoms in total. The van der Waals surface area contributed by atoms with Crippen molar-refractivity contribution in [1.82, 2.24) is 4.31 Å². The number of halogens is 1. The van der Waals surface area contributed by atoms with Crippen molar-refractivity contribution in [3.63, 3.8) is 0 Å². The van der Waals surface area contributed by atoms with Crippen LogP contribution >= 0.6 is 0 Å². The van der Waals surface area contributed by atoms with Crippen LogP contribution in [-0.4, -0.2) is 45.9 Å². The fraction of sp³-hybridized carbons (Fsp3) is 0.409. The van der Waals surface area contributed by atoms with E-state index >= 15 is 0 Å². The van der Waals surface area contributed by atoms with Crippen LogP contribution in [0.1, 0.15) is 30.6 Å². The lowest BCUT2D eigenvalue weighted by molar-refractivity contribution is 0.102. The topological polar surface area (TPSA) is 84.9 Å². The molecule has 0 saturated carbocycles. The average Bonchev–Trinajstić information content (AvgIpc) is 2.73. The Balaban J connectivity index is 1.92. The first kappa shape index (κ1) is 23.0. The Bertz CT molecular complexity index is 1060. The van der Waals surface area contributed by atoms with Gasteiger partial charge in [0.15, 0.2) is 0 Å². The van der Waals surface area contributed by atoms with Crippen LogP contribution in [0.25, 0.3) is 0 Å². The quantitative estimate of drug-likeness (QED) is 0.724. The highest BCUT2D eigenvalue weighted by Gasteiger charge is 2.32. The van der Waals surface area contributed by atoms with Crippen LogP contribution in [0.2, 0.25) is 0 Å². The van der Waals surface area contributed by atoms with Crippen LogP contribution in [0.3, 0.4) is 0 Å². The van der Waals surface area contributed by atoms with E-state index in [0.29, 0.717) is 24.6 Å². The van der Waals surface area contributed by atoms with E-state index < -0.39 is 21.7 Å². The van der Waals surface area contributed by atoms with E-state index in [-0.39, 0.29) is 28.0 Å². The smallest absolute Gasteiger partial charge is 0.258 e. The van der Waals surface area contributed by atoms with Gasteiger partial charge in [-0.3, -0.25) is 4.79 Å². The van der Waals surface area contributed by atoms with Gasteiger partial charge in [-0.1, -0.05) is 13.8 Å². The molecule has 1 aliphatic heterocycles. The lowest BCUT2D eigenvalue weighted by Gasteiger charge is -2.34. The number of benzene rings is 2. The van der Waals surface area contributed by atoms with Crippen molar-refractivity contribution in [3.05, 3.63) is 47.8 Å². The van der Waals surface area contributed by atoms with Crippen LogP contribution in [0, 0.1) is 17.7 Å². The maximum atomic E-state index is 14.5. The number of methoxy groups -OCH3 is 2. The first-order chi connectivity index (χ1) is 14.6. The van der Waals surface area contributed by atoms with Gasteiger partial charge in [0.05, 0.1) is 30.4 Å². The van der Waals surface area contributed by atoms with Gasteiger partial charge in [0.1, 0.15) is 17.3 Å². The number of sulfonamides is 1. The zero-order chi connectivity index (χ0) is 22.8. The van der Waals surface area contributed by atoms with Crippen molar-refractivity contribution >= 4 is 21.6 Å². The number of carbonyl (C=O) groups is 1. The van der Waals surface area contributed by atoms with Crippen molar-refractivity contribution in [2.75, 3.05) is 32.6 Å². The molecule has 9 heteroatoms. The monoisotopic (exact) mass is 450 g/mol. The molecule has 3 rings (SSSR count). The van der Waals surface area contributed by atoms with Gasteiger partial charge in [-0.2, -0.15) is 4.31 Å². The number of rotatable bonds is 6. The Morgan fingerprint density at radius 1 is 1.06 bits per heavy atom. The van der Waals surface area contributed by atoms with Gasteiger partial charge in [0.2, 0.25) is 10.0 Å². The maximum absolute atomic E-state index is 14.5. The summed E-state index contributed by atoms with van der Waals surface area (Å²) in [6, 6.07) is 8.06. The van der Waals surface area contributed by atoms with Gasteiger partial charge < -0.3 is 14.8 Å². The molecule has 168 valence electrons. The summed E-state index contributed by atoms with van der Waals surface area (Å²) in [5.74, 6) is -0.333. The average molecular weight is 451 g/mol. The lowest BCUT2D eigenvalue weighted by atomic mass is 9.94. The van der Waals surface area contributed by atoms with Crippen molar-refractivity contribution in [1.29, 1.82) is 0 Å². The fourth-order valence-electron chi connectivity index (χ4n) is 3.89. The summed E-state index contributed by atoms with van der Waals surface area (Å²) in [7, 11) is -0.943. The molecule has 0 unspecified atom stereocenters. The molecule has 0 bridgehead atoms. The van der Waals surface area contributed by atoms with Gasteiger partial charge in [-0.25, -0.2) is 12.8 Å². The Morgan fingerprint density at radius 2 is 1.74 bits per heavy atom. The van der Waals surface area contributed by atoms with Crippen molar-refractivity contribution in [2.24, 2.45) is 11.8 Å². The molecule has 1 saturated heterocycles. The summed E-state index contributed by atoms with van der Waals surface area (Å²) in [4.78, 5) is 12.7. The van der Waals surface area contributed by atoms with Crippen LogP contribution in [0.5, 0.6) is 11.5 Å². The van der Waals surface area contributed by atoms with Crippen LogP contribution in [0.4, 0.5) is 10.1 Å². The largest absolute Gasteiger partial charge is 0.497 e. The molecule has 1 aliphatic rings. The number of carbonyl (C=O) groups excluding carboxylic acids is 1. The zero-order valence-corrected chi connectivity index (χ0v) is 18.8. The summed E-state index contributed by atoms with van der Waals surface area (Å²) in [6.45, 7) is 4.80. The third-order valence-corrected chi connectivity index (χ3v) is 7.14. The van der Waals surface area contributed by atoms with Crippen LogP contribution < -0.4 is 14.8 Å². The maximum Gasteiger partial charge on any atom is 0.258 e. The molecule has 1 fully saturated rings. The molecule has 0 aromatic heterocycles. The molecule has 1 heterocycles. The predicted octanol–water partition coefficient (Wildman–Crippen LogP) is 3.76. The molecular weight excluding hydrogens is 423 g/mol. The summed E-state index contributed by atoms with van der Waals surface area (Å²) in [5.41, 5.74) is -0.0951. The highest BCUT2D eigenvalue weighted by atomic mass is 32.2. The SMILES string of the molecule is COc1ccc(OC)c(NC(=O)c2cc(S(=O)(=O)N3C[C@H](C)C[C@@H](C)C3)ccc2F)c1. The fourth-order valence-corrected chi connectivity index (χ4v) is 5.60. The second-order valence-corrected chi connectivity index (χ2v) is 9.87. The number of piperidine rings is 1. The van der Waals surface area contributed by atoms with Gasteiger partial charge in [0, 0.05) is 19.2 Å². The first-order valence-electron chi connectivity index (χ1n) is 9.98. The van der Waals surface area contributed by atoms with Crippen LogP contribution in [-0.2, 0) is 10.0 Å². The highest BCUT2D eigenvalue weighted by molar-refractivity contribution is 7.89. The minimum atomic E-state index is -3.86. The molecule has 2 aromatic rings. The van der Waals surface area contributed by atoms with Gasteiger partial charge in [-0.15, -0.1) is 0 Å². The normalized spacial score (nSPS) is 19.6. The molecule has 0 aliphatic carbocycles. The lowest BCUT2D eigenvalue weighted by Crippen LogP contribution is -2.42. The molecule has 1 N–H and O–H groups in total. The number of hydrogen-bond donors (Lipinski definition) is 1. The van der Waals surface area contributed by atoms with Gasteiger partial charge in [0.25, 0.3) is 5.91 Å². The first-order valence-corrected chi connectivity index (χ1v) is 11.4. The van der Waals surface area contributed by atoms with Crippen molar-refractivity contribution in [3.8, 4) is 11.5 Å². The van der Waals surface area contributed by atoms with Crippen LogP contribution in [0.15, 0.2) is 41.3 Å². The third-order valence-electron chi connectivity index (χ3n) is 5.31. The highest BCUT2D eigenvalue weighted by Crippen LogP contribution is 2.31. The summed E-state index contributed by atoms with van der Waals surface area (Å²) in [5, 5.41) is 2.57. The number of hydrogen-bond acceptors (Lipinski definition) is 5. The molecule has 0 spiro atoms. The Labute approximate surface area is 182 Å². The minimum absolute atomic E-state index is 0.113. The van der Waals surface area contributed by atoms with E-state index in [4.69, 9.17) is 9.47 Å². The van der Waals surface area contributed by atoms with Crippen molar-refractivity contribution in [2.45, 2.75) is 25.2 Å². The van der Waals surface area contributed by atoms with E-state index in [1.807, 2.05) is 13.8 Å². The van der Waals surface area contributed by atoms with E-state index in [1.54, 1.807) is 12.1 Å². The minimum Gasteiger partial charge on any atom is -0.497 e. The number of nitrogens with zero attached hydrogens (tertiary/aromatic N) is 1. The second-order valence-electron chi connectivity index (χ2n) is 7.93. The summed E-state index contributed by atoms with van der Waals surface area (Å²) >= 11 is 0. The molecule has 1 amide bonds. The second kappa shape index (κ2) is 9.23.